The lowest BCUT2D eigenvalue weighted by Gasteiger charge is -2.20. The third kappa shape index (κ3) is 2.48. The van der Waals surface area contributed by atoms with E-state index in [2.05, 4.69) is 34.1 Å². The van der Waals surface area contributed by atoms with Gasteiger partial charge in [0, 0.05) is 43.6 Å². The Morgan fingerprint density at radius 2 is 2.15 bits per heavy atom. The number of halogens is 1. The van der Waals surface area contributed by atoms with Gasteiger partial charge < -0.3 is 9.64 Å². The Labute approximate surface area is 124 Å². The number of nitrogens with zero attached hydrogens (tertiary/aromatic N) is 2. The molecule has 1 aromatic carbocycles. The van der Waals surface area contributed by atoms with Crippen molar-refractivity contribution in [3.8, 4) is 0 Å². The van der Waals surface area contributed by atoms with E-state index < -0.39 is 0 Å². The van der Waals surface area contributed by atoms with Gasteiger partial charge in [-0.15, -0.1) is 11.6 Å². The highest BCUT2D eigenvalue weighted by Gasteiger charge is 2.24. The highest BCUT2D eigenvalue weighted by Crippen LogP contribution is 2.31. The summed E-state index contributed by atoms with van der Waals surface area (Å²) in [6, 6.07) is 8.38. The van der Waals surface area contributed by atoms with Gasteiger partial charge in [-0.1, -0.05) is 24.3 Å². The Bertz CT molecular complexity index is 602. The second kappa shape index (κ2) is 5.98. The van der Waals surface area contributed by atoms with Crippen molar-refractivity contribution in [2.75, 3.05) is 31.7 Å². The number of pyridine rings is 1. The minimum Gasteiger partial charge on any atom is -0.384 e. The van der Waals surface area contributed by atoms with Crippen molar-refractivity contribution in [3.63, 3.8) is 0 Å². The van der Waals surface area contributed by atoms with Crippen LogP contribution in [-0.4, -0.2) is 31.8 Å². The molecule has 1 atom stereocenters. The number of aromatic nitrogens is 1. The van der Waals surface area contributed by atoms with Crippen molar-refractivity contribution in [3.05, 3.63) is 36.0 Å². The molecule has 3 nitrogen and oxygen atoms in total. The third-order valence-corrected chi connectivity index (χ3v) is 4.28. The molecule has 1 fully saturated rings. The van der Waals surface area contributed by atoms with Crippen molar-refractivity contribution in [1.29, 1.82) is 0 Å². The van der Waals surface area contributed by atoms with Crippen molar-refractivity contribution in [1.82, 2.24) is 4.98 Å². The fourth-order valence-electron chi connectivity index (χ4n) is 2.99. The van der Waals surface area contributed by atoms with Crippen LogP contribution in [0.25, 0.3) is 10.8 Å². The monoisotopic (exact) mass is 290 g/mol. The molecular formula is C16H19ClN2O. The van der Waals surface area contributed by atoms with Gasteiger partial charge in [0.25, 0.3) is 0 Å². The maximum absolute atomic E-state index is 6.01. The summed E-state index contributed by atoms with van der Waals surface area (Å²) in [6.45, 7) is 2.89. The highest BCUT2D eigenvalue weighted by molar-refractivity contribution is 6.18. The van der Waals surface area contributed by atoms with E-state index in [1.807, 2.05) is 6.20 Å². The minimum atomic E-state index is 0.500. The second-order valence-electron chi connectivity index (χ2n) is 5.34. The molecule has 0 bridgehead atoms. The van der Waals surface area contributed by atoms with Crippen LogP contribution in [0.5, 0.6) is 0 Å². The maximum atomic E-state index is 6.01. The Kier molecular flexibility index (Phi) is 4.08. The maximum Gasteiger partial charge on any atom is 0.136 e. The van der Waals surface area contributed by atoms with Gasteiger partial charge >= 0.3 is 0 Å². The Hall–Kier alpha value is -1.32. The molecule has 1 aromatic heterocycles. The Balaban J connectivity index is 1.97. The van der Waals surface area contributed by atoms with Gasteiger partial charge in [-0.2, -0.15) is 0 Å². The SMILES string of the molecule is COCC1CCN(c2ncc(CCl)c3ccccc23)C1. The van der Waals surface area contributed by atoms with Crippen molar-refractivity contribution in [2.24, 2.45) is 5.92 Å². The van der Waals surface area contributed by atoms with Crippen LogP contribution in [0.3, 0.4) is 0 Å². The molecule has 3 rings (SSSR count). The van der Waals surface area contributed by atoms with E-state index in [1.54, 1.807) is 7.11 Å². The summed E-state index contributed by atoms with van der Waals surface area (Å²) in [7, 11) is 1.77. The molecule has 2 aromatic rings. The van der Waals surface area contributed by atoms with Gasteiger partial charge in [-0.25, -0.2) is 4.98 Å². The average molecular weight is 291 g/mol. The summed E-state index contributed by atoms with van der Waals surface area (Å²) < 4.78 is 5.27. The molecule has 0 N–H and O–H groups in total. The lowest BCUT2D eigenvalue weighted by Crippen LogP contribution is -2.22. The molecule has 0 radical (unpaired) electrons. The summed E-state index contributed by atoms with van der Waals surface area (Å²) in [5.74, 6) is 2.18. The van der Waals surface area contributed by atoms with E-state index in [0.29, 0.717) is 11.8 Å². The number of alkyl halides is 1. The van der Waals surface area contributed by atoms with Crippen LogP contribution >= 0.6 is 11.6 Å². The number of rotatable bonds is 4. The predicted molar refractivity (Wildman–Crippen MR) is 83.5 cm³/mol. The van der Waals surface area contributed by atoms with E-state index >= 15 is 0 Å². The second-order valence-corrected chi connectivity index (χ2v) is 5.61. The molecule has 1 aliphatic heterocycles. The van der Waals surface area contributed by atoms with Gasteiger partial charge in [0.2, 0.25) is 0 Å². The van der Waals surface area contributed by atoms with E-state index in [4.69, 9.17) is 16.3 Å². The van der Waals surface area contributed by atoms with Crippen LogP contribution < -0.4 is 4.90 Å². The molecule has 1 unspecified atom stereocenters. The molecule has 0 amide bonds. The zero-order valence-corrected chi connectivity index (χ0v) is 12.4. The first kappa shape index (κ1) is 13.7. The molecule has 4 heteroatoms. The smallest absolute Gasteiger partial charge is 0.136 e. The lowest BCUT2D eigenvalue weighted by atomic mass is 10.1. The fourth-order valence-corrected chi connectivity index (χ4v) is 3.20. The number of methoxy groups -OCH3 is 1. The number of fused-ring (bicyclic) bond motifs is 1. The predicted octanol–water partition coefficient (Wildman–Crippen LogP) is 3.45. The van der Waals surface area contributed by atoms with E-state index in [1.165, 1.54) is 17.2 Å². The molecule has 1 aliphatic rings. The van der Waals surface area contributed by atoms with E-state index in [0.717, 1.165) is 31.1 Å². The molecule has 0 saturated carbocycles. The van der Waals surface area contributed by atoms with E-state index in [-0.39, 0.29) is 0 Å². The van der Waals surface area contributed by atoms with Gasteiger partial charge in [0.05, 0.1) is 6.61 Å². The number of ether oxygens (including phenoxy) is 1. The van der Waals surface area contributed by atoms with Crippen LogP contribution in [0.4, 0.5) is 5.82 Å². The van der Waals surface area contributed by atoms with Crippen molar-refractivity contribution < 1.29 is 4.74 Å². The van der Waals surface area contributed by atoms with Crippen molar-refractivity contribution >= 4 is 28.2 Å². The number of hydrogen-bond donors (Lipinski definition) is 0. The van der Waals surface area contributed by atoms with Crippen LogP contribution in [-0.2, 0) is 10.6 Å². The van der Waals surface area contributed by atoms with Crippen LogP contribution in [0.2, 0.25) is 0 Å². The first-order valence-electron chi connectivity index (χ1n) is 7.00. The van der Waals surface area contributed by atoms with Gasteiger partial charge in [0.15, 0.2) is 0 Å². The van der Waals surface area contributed by atoms with Crippen LogP contribution in [0.15, 0.2) is 30.5 Å². The zero-order chi connectivity index (χ0) is 13.9. The number of hydrogen-bond acceptors (Lipinski definition) is 3. The quantitative estimate of drug-likeness (QED) is 0.807. The van der Waals surface area contributed by atoms with Gasteiger partial charge in [0.1, 0.15) is 5.82 Å². The first-order valence-corrected chi connectivity index (χ1v) is 7.53. The molecule has 0 aliphatic carbocycles. The summed E-state index contributed by atoms with van der Waals surface area (Å²) in [5, 5.41) is 2.41. The molecule has 0 spiro atoms. The van der Waals surface area contributed by atoms with E-state index in [9.17, 15) is 0 Å². The fraction of sp³-hybridized carbons (Fsp3) is 0.438. The molecular weight excluding hydrogens is 272 g/mol. The van der Waals surface area contributed by atoms with Crippen LogP contribution in [0.1, 0.15) is 12.0 Å². The highest BCUT2D eigenvalue weighted by atomic mass is 35.5. The zero-order valence-electron chi connectivity index (χ0n) is 11.7. The van der Waals surface area contributed by atoms with Gasteiger partial charge in [-0.05, 0) is 17.4 Å². The number of benzene rings is 1. The van der Waals surface area contributed by atoms with Crippen molar-refractivity contribution in [2.45, 2.75) is 12.3 Å². The lowest BCUT2D eigenvalue weighted by molar-refractivity contribution is 0.161. The van der Waals surface area contributed by atoms with Gasteiger partial charge in [-0.3, -0.25) is 0 Å². The normalized spacial score (nSPS) is 18.9. The third-order valence-electron chi connectivity index (χ3n) is 3.99. The summed E-state index contributed by atoms with van der Waals surface area (Å²) >= 11 is 6.01. The molecule has 1 saturated heterocycles. The molecule has 2 heterocycles. The topological polar surface area (TPSA) is 25.4 Å². The summed E-state index contributed by atoms with van der Waals surface area (Å²) in [5.41, 5.74) is 1.10. The minimum absolute atomic E-state index is 0.500. The molecule has 106 valence electrons. The first-order chi connectivity index (χ1) is 9.83. The Morgan fingerprint density at radius 3 is 2.90 bits per heavy atom. The Morgan fingerprint density at radius 1 is 1.35 bits per heavy atom. The largest absolute Gasteiger partial charge is 0.384 e. The van der Waals surface area contributed by atoms with Crippen LogP contribution in [0, 0.1) is 5.92 Å². The number of anilines is 1. The molecule has 20 heavy (non-hydrogen) atoms. The average Bonchev–Trinajstić information content (AvgIpc) is 2.95. The summed E-state index contributed by atoms with van der Waals surface area (Å²) in [6.07, 6.45) is 3.08. The standard InChI is InChI=1S/C16H19ClN2O/c1-20-11-12-6-7-19(10-12)16-15-5-3-2-4-14(15)13(8-17)9-18-16/h2-5,9,12H,6-8,10-11H2,1H3. The summed E-state index contributed by atoms with van der Waals surface area (Å²) in [4.78, 5) is 7.02.